The maximum Gasteiger partial charge on any atom is 0.344 e. The number of hydrogen-bond acceptors (Lipinski definition) is 6. The molecule has 8 heteroatoms. The number of ether oxygens (including phenoxy) is 1. The number of phenolic OH excluding ortho intramolecular Hbond substituents is 1. The van der Waals surface area contributed by atoms with E-state index in [0.29, 0.717) is 27.1 Å². The topological polar surface area (TPSA) is 87.1 Å². The molecule has 2 aromatic rings. The molecule has 0 aromatic heterocycles. The lowest BCUT2D eigenvalue weighted by atomic mass is 10.2. The standard InChI is InChI=1S/C20H17NO5S2/c1-2-16(19(24)25)26-15-8-6-12(7-9-15)10-17-18(23)21(20(27)28-17)13-4-3-5-14(22)11-13/h3-11,16,22H,2H2,1H3,(H,24,25)/b17-10+. The molecule has 0 bridgehead atoms. The average Bonchev–Trinajstić information content (AvgIpc) is 2.94. The fourth-order valence-electron chi connectivity index (χ4n) is 2.59. The van der Waals surface area contributed by atoms with Gasteiger partial charge >= 0.3 is 5.97 Å². The molecule has 1 aliphatic rings. The van der Waals surface area contributed by atoms with Gasteiger partial charge in [-0.3, -0.25) is 9.69 Å². The van der Waals surface area contributed by atoms with Crippen molar-refractivity contribution in [3.63, 3.8) is 0 Å². The number of carbonyl (C=O) groups is 2. The van der Waals surface area contributed by atoms with Crippen molar-refractivity contribution >= 4 is 51.9 Å². The number of aromatic hydroxyl groups is 1. The van der Waals surface area contributed by atoms with Crippen LogP contribution < -0.4 is 9.64 Å². The van der Waals surface area contributed by atoms with Gasteiger partial charge in [0.2, 0.25) is 0 Å². The number of phenols is 1. The minimum atomic E-state index is -1.01. The van der Waals surface area contributed by atoms with Crippen LogP contribution in [0.1, 0.15) is 18.9 Å². The first-order valence-electron chi connectivity index (χ1n) is 8.45. The predicted octanol–water partition coefficient (Wildman–Crippen LogP) is 4.04. The maximum absolute atomic E-state index is 12.7. The Morgan fingerprint density at radius 3 is 2.61 bits per heavy atom. The van der Waals surface area contributed by atoms with E-state index in [9.17, 15) is 14.7 Å². The molecule has 0 aliphatic carbocycles. The molecule has 28 heavy (non-hydrogen) atoms. The lowest BCUT2D eigenvalue weighted by Gasteiger charge is -2.14. The van der Waals surface area contributed by atoms with E-state index >= 15 is 0 Å². The molecule has 1 heterocycles. The van der Waals surface area contributed by atoms with E-state index in [4.69, 9.17) is 22.1 Å². The van der Waals surface area contributed by atoms with Gasteiger partial charge in [-0.15, -0.1) is 0 Å². The Morgan fingerprint density at radius 1 is 1.29 bits per heavy atom. The fraction of sp³-hybridized carbons (Fsp3) is 0.150. The Bertz CT molecular complexity index is 955. The van der Waals surface area contributed by atoms with Crippen LogP contribution in [0.25, 0.3) is 6.08 Å². The summed E-state index contributed by atoms with van der Waals surface area (Å²) in [6, 6.07) is 13.1. The Balaban J connectivity index is 1.77. The van der Waals surface area contributed by atoms with Crippen molar-refractivity contribution in [1.29, 1.82) is 0 Å². The van der Waals surface area contributed by atoms with Crippen LogP contribution in [0.15, 0.2) is 53.4 Å². The van der Waals surface area contributed by atoms with Gasteiger partial charge in [-0.05, 0) is 42.3 Å². The molecule has 1 amide bonds. The number of anilines is 1. The number of carbonyl (C=O) groups excluding carboxylic acids is 1. The van der Waals surface area contributed by atoms with E-state index < -0.39 is 12.1 Å². The molecule has 6 nitrogen and oxygen atoms in total. The number of thioether (sulfide) groups is 1. The first-order chi connectivity index (χ1) is 13.4. The lowest BCUT2D eigenvalue weighted by Crippen LogP contribution is -2.27. The molecule has 2 aromatic carbocycles. The second kappa shape index (κ2) is 8.45. The summed E-state index contributed by atoms with van der Waals surface area (Å²) in [4.78, 5) is 25.6. The molecule has 1 atom stereocenters. The summed E-state index contributed by atoms with van der Waals surface area (Å²) >= 11 is 6.49. The zero-order chi connectivity index (χ0) is 20.3. The number of carboxylic acids is 1. The summed E-state index contributed by atoms with van der Waals surface area (Å²) in [5.41, 5.74) is 1.26. The van der Waals surface area contributed by atoms with Gasteiger partial charge in [0.25, 0.3) is 5.91 Å². The van der Waals surface area contributed by atoms with E-state index in [-0.39, 0.29) is 11.7 Å². The van der Waals surface area contributed by atoms with E-state index in [2.05, 4.69) is 0 Å². The molecule has 1 unspecified atom stereocenters. The van der Waals surface area contributed by atoms with Crippen LogP contribution >= 0.6 is 24.0 Å². The number of aliphatic carboxylic acids is 1. The molecule has 3 rings (SSSR count). The number of carboxylic acid groups (broad SMARTS) is 1. The summed E-state index contributed by atoms with van der Waals surface area (Å²) in [6.07, 6.45) is 1.17. The smallest absolute Gasteiger partial charge is 0.344 e. The van der Waals surface area contributed by atoms with Crippen LogP contribution in [-0.2, 0) is 9.59 Å². The third-order valence-corrected chi connectivity index (χ3v) is 5.29. The highest BCUT2D eigenvalue weighted by molar-refractivity contribution is 8.27. The lowest BCUT2D eigenvalue weighted by molar-refractivity contribution is -0.145. The van der Waals surface area contributed by atoms with Crippen LogP contribution in [0.4, 0.5) is 5.69 Å². The Morgan fingerprint density at radius 2 is 2.00 bits per heavy atom. The van der Waals surface area contributed by atoms with Crippen molar-refractivity contribution in [2.45, 2.75) is 19.4 Å². The average molecular weight is 415 g/mol. The van der Waals surface area contributed by atoms with Gasteiger partial charge in [-0.25, -0.2) is 4.79 Å². The third kappa shape index (κ3) is 4.35. The minimum Gasteiger partial charge on any atom is -0.508 e. The zero-order valence-corrected chi connectivity index (χ0v) is 16.5. The Hall–Kier alpha value is -2.84. The number of rotatable bonds is 6. The summed E-state index contributed by atoms with van der Waals surface area (Å²) in [6.45, 7) is 1.74. The van der Waals surface area contributed by atoms with Crippen LogP contribution in [0.2, 0.25) is 0 Å². The summed E-state index contributed by atoms with van der Waals surface area (Å²) < 4.78 is 5.81. The van der Waals surface area contributed by atoms with Gasteiger partial charge in [-0.1, -0.05) is 49.1 Å². The summed E-state index contributed by atoms with van der Waals surface area (Å²) in [5.74, 6) is -0.781. The molecule has 2 N–H and O–H groups in total. The molecule has 1 saturated heterocycles. The van der Waals surface area contributed by atoms with Crippen LogP contribution in [0, 0.1) is 0 Å². The van der Waals surface area contributed by atoms with Gasteiger partial charge < -0.3 is 14.9 Å². The largest absolute Gasteiger partial charge is 0.508 e. The molecule has 144 valence electrons. The maximum atomic E-state index is 12.7. The van der Waals surface area contributed by atoms with Gasteiger partial charge in [0, 0.05) is 6.07 Å². The first-order valence-corrected chi connectivity index (χ1v) is 9.68. The van der Waals surface area contributed by atoms with Crippen molar-refractivity contribution in [2.24, 2.45) is 0 Å². The molecular formula is C20H17NO5S2. The van der Waals surface area contributed by atoms with Crippen LogP contribution in [0.3, 0.4) is 0 Å². The quantitative estimate of drug-likeness (QED) is 0.544. The van der Waals surface area contributed by atoms with Crippen LogP contribution in [0.5, 0.6) is 11.5 Å². The SMILES string of the molecule is CCC(Oc1ccc(/C=C2/SC(=S)N(c3cccc(O)c3)C2=O)cc1)C(=O)O. The number of thiocarbonyl (C=S) groups is 1. The zero-order valence-electron chi connectivity index (χ0n) is 14.9. The van der Waals surface area contributed by atoms with E-state index in [1.807, 2.05) is 0 Å². The highest BCUT2D eigenvalue weighted by atomic mass is 32.2. The van der Waals surface area contributed by atoms with E-state index in [0.717, 1.165) is 5.56 Å². The first kappa shape index (κ1) is 19.9. The van der Waals surface area contributed by atoms with Crippen molar-refractivity contribution in [1.82, 2.24) is 0 Å². The minimum absolute atomic E-state index is 0.0536. The highest BCUT2D eigenvalue weighted by Gasteiger charge is 2.33. The number of benzene rings is 2. The van der Waals surface area contributed by atoms with Crippen molar-refractivity contribution in [3.05, 3.63) is 59.0 Å². The van der Waals surface area contributed by atoms with E-state index in [1.54, 1.807) is 49.4 Å². The second-order valence-electron chi connectivity index (χ2n) is 5.96. The predicted molar refractivity (Wildman–Crippen MR) is 113 cm³/mol. The summed E-state index contributed by atoms with van der Waals surface area (Å²) in [5, 5.41) is 18.7. The van der Waals surface area contributed by atoms with Gasteiger partial charge in [0.05, 0.1) is 10.6 Å². The molecular weight excluding hydrogens is 398 g/mol. The van der Waals surface area contributed by atoms with Gasteiger partial charge in [0.1, 0.15) is 11.5 Å². The van der Waals surface area contributed by atoms with Gasteiger partial charge in [-0.2, -0.15) is 0 Å². The highest BCUT2D eigenvalue weighted by Crippen LogP contribution is 2.37. The number of amides is 1. The summed E-state index contributed by atoms with van der Waals surface area (Å²) in [7, 11) is 0. The van der Waals surface area contributed by atoms with E-state index in [1.165, 1.54) is 28.8 Å². The van der Waals surface area contributed by atoms with Crippen LogP contribution in [-0.4, -0.2) is 32.5 Å². The number of hydrogen-bond donors (Lipinski definition) is 2. The number of nitrogens with zero attached hydrogens (tertiary/aromatic N) is 1. The monoisotopic (exact) mass is 415 g/mol. The Labute approximate surface area is 171 Å². The van der Waals surface area contributed by atoms with Crippen molar-refractivity contribution in [3.8, 4) is 11.5 Å². The van der Waals surface area contributed by atoms with Gasteiger partial charge in [0.15, 0.2) is 10.4 Å². The molecule has 0 saturated carbocycles. The Kier molecular flexibility index (Phi) is 6.01. The third-order valence-electron chi connectivity index (χ3n) is 3.98. The molecule has 1 fully saturated rings. The normalized spacial score (nSPS) is 16.5. The van der Waals surface area contributed by atoms with Crippen molar-refractivity contribution < 1.29 is 24.5 Å². The van der Waals surface area contributed by atoms with Crippen molar-refractivity contribution in [2.75, 3.05) is 4.90 Å². The molecule has 0 radical (unpaired) electrons. The molecule has 0 spiro atoms. The molecule has 1 aliphatic heterocycles. The second-order valence-corrected chi connectivity index (χ2v) is 7.63. The fourth-order valence-corrected chi connectivity index (χ4v) is 3.89.